The summed E-state index contributed by atoms with van der Waals surface area (Å²) >= 11 is 0. The molecule has 0 atom stereocenters. The third-order valence-electron chi connectivity index (χ3n) is 4.02. The lowest BCUT2D eigenvalue weighted by Gasteiger charge is -2.12. The molecule has 6 heteroatoms. The van der Waals surface area contributed by atoms with Crippen LogP contribution in [0.5, 0.6) is 5.75 Å². The number of nitrogens with one attached hydrogen (secondary N) is 1. The molecule has 3 aromatic carbocycles. The molecule has 3 aromatic rings. The van der Waals surface area contributed by atoms with Gasteiger partial charge in [-0.15, -0.1) is 0 Å². The second-order valence-corrected chi connectivity index (χ2v) is 6.21. The smallest absolute Gasteiger partial charge is 0.418 e. The van der Waals surface area contributed by atoms with Crippen LogP contribution in [0.25, 0.3) is 6.08 Å². The Hall–Kier alpha value is -3.54. The lowest BCUT2D eigenvalue weighted by atomic mass is 10.1. The first kappa shape index (κ1) is 20.2. The van der Waals surface area contributed by atoms with E-state index in [4.69, 9.17) is 4.74 Å². The first-order chi connectivity index (χ1) is 13.9. The maximum absolute atomic E-state index is 13.0. The van der Waals surface area contributed by atoms with Gasteiger partial charge in [-0.1, -0.05) is 54.6 Å². The van der Waals surface area contributed by atoms with Gasteiger partial charge in [-0.3, -0.25) is 4.79 Å². The van der Waals surface area contributed by atoms with E-state index in [0.29, 0.717) is 17.9 Å². The maximum Gasteiger partial charge on any atom is 0.418 e. The van der Waals surface area contributed by atoms with Crippen LogP contribution in [-0.2, 0) is 17.6 Å². The third-order valence-corrected chi connectivity index (χ3v) is 4.02. The highest BCUT2D eigenvalue weighted by Gasteiger charge is 2.33. The minimum atomic E-state index is -4.54. The average molecular weight is 397 g/mol. The molecule has 0 radical (unpaired) electrons. The van der Waals surface area contributed by atoms with Crippen molar-refractivity contribution in [1.82, 2.24) is 0 Å². The molecule has 148 valence electrons. The molecule has 0 aliphatic heterocycles. The van der Waals surface area contributed by atoms with E-state index in [0.717, 1.165) is 11.6 Å². The quantitative estimate of drug-likeness (QED) is 0.523. The number of ether oxygens (including phenoxy) is 1. The number of para-hydroxylation sites is 1. The number of halogens is 3. The van der Waals surface area contributed by atoms with Crippen LogP contribution in [0.3, 0.4) is 0 Å². The SMILES string of the molecule is O=C(/C=C/c1cccc(OCc2ccccc2)c1)Nc1ccccc1C(F)(F)F. The summed E-state index contributed by atoms with van der Waals surface area (Å²) in [5, 5.41) is 2.27. The molecule has 0 heterocycles. The number of anilines is 1. The number of rotatable bonds is 6. The Kier molecular flexibility index (Phi) is 6.34. The number of alkyl halides is 3. The number of carbonyl (C=O) groups excluding carboxylic acids is 1. The lowest BCUT2D eigenvalue weighted by Crippen LogP contribution is -2.14. The van der Waals surface area contributed by atoms with Gasteiger partial charge in [0.25, 0.3) is 0 Å². The Morgan fingerprint density at radius 1 is 0.931 bits per heavy atom. The maximum atomic E-state index is 13.0. The Morgan fingerprint density at radius 3 is 2.41 bits per heavy atom. The highest BCUT2D eigenvalue weighted by Crippen LogP contribution is 2.34. The van der Waals surface area contributed by atoms with Gasteiger partial charge in [-0.25, -0.2) is 0 Å². The van der Waals surface area contributed by atoms with E-state index in [1.807, 2.05) is 30.3 Å². The minimum Gasteiger partial charge on any atom is -0.489 e. The minimum absolute atomic E-state index is 0.283. The normalized spacial score (nSPS) is 11.4. The van der Waals surface area contributed by atoms with E-state index in [1.165, 1.54) is 30.4 Å². The largest absolute Gasteiger partial charge is 0.489 e. The van der Waals surface area contributed by atoms with Crippen molar-refractivity contribution in [1.29, 1.82) is 0 Å². The second kappa shape index (κ2) is 9.10. The molecule has 29 heavy (non-hydrogen) atoms. The van der Waals surface area contributed by atoms with E-state index in [1.54, 1.807) is 24.3 Å². The molecular weight excluding hydrogens is 379 g/mol. The molecule has 0 saturated heterocycles. The lowest BCUT2D eigenvalue weighted by molar-refractivity contribution is -0.136. The second-order valence-electron chi connectivity index (χ2n) is 6.21. The van der Waals surface area contributed by atoms with Crippen LogP contribution in [0.15, 0.2) is 84.9 Å². The molecular formula is C23H18F3NO2. The molecule has 0 saturated carbocycles. The van der Waals surface area contributed by atoms with Gasteiger partial charge in [0.1, 0.15) is 12.4 Å². The van der Waals surface area contributed by atoms with Crippen LogP contribution in [0, 0.1) is 0 Å². The summed E-state index contributed by atoms with van der Waals surface area (Å²) in [4.78, 5) is 12.1. The van der Waals surface area contributed by atoms with E-state index in [-0.39, 0.29) is 5.69 Å². The van der Waals surface area contributed by atoms with Crippen molar-refractivity contribution in [3.05, 3.63) is 102 Å². The fourth-order valence-electron chi connectivity index (χ4n) is 2.63. The topological polar surface area (TPSA) is 38.3 Å². The summed E-state index contributed by atoms with van der Waals surface area (Å²) in [6.45, 7) is 0.405. The van der Waals surface area contributed by atoms with Crippen molar-refractivity contribution in [2.45, 2.75) is 12.8 Å². The predicted molar refractivity (Wildman–Crippen MR) is 106 cm³/mol. The fourth-order valence-corrected chi connectivity index (χ4v) is 2.63. The van der Waals surface area contributed by atoms with E-state index in [2.05, 4.69) is 5.32 Å². The van der Waals surface area contributed by atoms with Crippen LogP contribution in [0.2, 0.25) is 0 Å². The first-order valence-electron chi connectivity index (χ1n) is 8.84. The van der Waals surface area contributed by atoms with Crippen molar-refractivity contribution in [3.63, 3.8) is 0 Å². The molecule has 0 aliphatic carbocycles. The van der Waals surface area contributed by atoms with Gasteiger partial charge in [-0.05, 0) is 41.5 Å². The average Bonchev–Trinajstić information content (AvgIpc) is 2.71. The van der Waals surface area contributed by atoms with Crippen LogP contribution >= 0.6 is 0 Å². The standard InChI is InChI=1S/C23H18F3NO2/c24-23(25,26)20-11-4-5-12-21(20)27-22(28)14-13-17-9-6-10-19(15-17)29-16-18-7-2-1-3-8-18/h1-15H,16H2,(H,27,28)/b14-13+. The van der Waals surface area contributed by atoms with Crippen LogP contribution in [0.4, 0.5) is 18.9 Å². The molecule has 0 aromatic heterocycles. The highest BCUT2D eigenvalue weighted by molar-refractivity contribution is 6.02. The van der Waals surface area contributed by atoms with Crippen LogP contribution in [-0.4, -0.2) is 5.91 Å². The molecule has 1 amide bonds. The Labute approximate surface area is 166 Å². The number of amides is 1. The Balaban J connectivity index is 1.64. The zero-order chi connectivity index (χ0) is 20.7. The van der Waals surface area contributed by atoms with Crippen LogP contribution in [0.1, 0.15) is 16.7 Å². The monoisotopic (exact) mass is 397 g/mol. The summed E-state index contributed by atoms with van der Waals surface area (Å²) in [5.41, 5.74) is 0.540. The fraction of sp³-hybridized carbons (Fsp3) is 0.0870. The molecule has 0 fully saturated rings. The zero-order valence-corrected chi connectivity index (χ0v) is 15.3. The Bertz CT molecular complexity index is 998. The molecule has 3 nitrogen and oxygen atoms in total. The van der Waals surface area contributed by atoms with Gasteiger partial charge in [0, 0.05) is 6.08 Å². The van der Waals surface area contributed by atoms with Crippen molar-refractivity contribution in [2.75, 3.05) is 5.32 Å². The molecule has 3 rings (SSSR count). The van der Waals surface area contributed by atoms with Gasteiger partial charge in [0.2, 0.25) is 5.91 Å². The number of benzene rings is 3. The van der Waals surface area contributed by atoms with Gasteiger partial charge in [0.15, 0.2) is 0 Å². The first-order valence-corrected chi connectivity index (χ1v) is 8.84. The summed E-state index contributed by atoms with van der Waals surface area (Å²) in [5.74, 6) is -0.0314. The van der Waals surface area contributed by atoms with Crippen molar-refractivity contribution < 1.29 is 22.7 Å². The van der Waals surface area contributed by atoms with Gasteiger partial charge in [-0.2, -0.15) is 13.2 Å². The molecule has 0 spiro atoms. The molecule has 0 aliphatic rings. The summed E-state index contributed by atoms with van der Waals surface area (Å²) in [6, 6.07) is 21.6. The number of carbonyl (C=O) groups is 1. The van der Waals surface area contributed by atoms with Gasteiger partial charge < -0.3 is 10.1 Å². The molecule has 1 N–H and O–H groups in total. The van der Waals surface area contributed by atoms with Crippen molar-refractivity contribution in [3.8, 4) is 5.75 Å². The molecule has 0 unspecified atom stereocenters. The number of hydrogen-bond donors (Lipinski definition) is 1. The summed E-state index contributed by atoms with van der Waals surface area (Å²) < 4.78 is 44.7. The van der Waals surface area contributed by atoms with Crippen LogP contribution < -0.4 is 10.1 Å². The summed E-state index contributed by atoms with van der Waals surface area (Å²) in [6.07, 6.45) is -1.84. The van der Waals surface area contributed by atoms with Crippen molar-refractivity contribution in [2.24, 2.45) is 0 Å². The van der Waals surface area contributed by atoms with E-state index < -0.39 is 17.6 Å². The Morgan fingerprint density at radius 2 is 1.66 bits per heavy atom. The predicted octanol–water partition coefficient (Wildman–Crippen LogP) is 5.94. The van der Waals surface area contributed by atoms with Crippen molar-refractivity contribution >= 4 is 17.7 Å². The van der Waals surface area contributed by atoms with E-state index in [9.17, 15) is 18.0 Å². The van der Waals surface area contributed by atoms with E-state index >= 15 is 0 Å². The number of hydrogen-bond acceptors (Lipinski definition) is 2. The van der Waals surface area contributed by atoms with Gasteiger partial charge >= 0.3 is 6.18 Å². The van der Waals surface area contributed by atoms with Gasteiger partial charge in [0.05, 0.1) is 11.3 Å². The highest BCUT2D eigenvalue weighted by atomic mass is 19.4. The zero-order valence-electron chi connectivity index (χ0n) is 15.3. The molecule has 0 bridgehead atoms. The summed E-state index contributed by atoms with van der Waals surface area (Å²) in [7, 11) is 0. The third kappa shape index (κ3) is 5.97.